The van der Waals surface area contributed by atoms with Crippen LogP contribution in [0.15, 0.2) is 138 Å². The molecule has 4 aromatic heterocycles. The molecule has 0 atom stereocenters. The van der Waals surface area contributed by atoms with E-state index in [9.17, 15) is 0 Å². The van der Waals surface area contributed by atoms with Crippen molar-refractivity contribution in [3.8, 4) is 39.5 Å². The summed E-state index contributed by atoms with van der Waals surface area (Å²) in [6, 6.07) is 48.9. The predicted octanol–water partition coefficient (Wildman–Crippen LogP) is 12.5. The monoisotopic (exact) mass is 968 g/mol. The third-order valence-corrected chi connectivity index (χ3v) is 12.9. The van der Waals surface area contributed by atoms with Crippen LogP contribution in [0.1, 0.15) is 56.2 Å². The van der Waals surface area contributed by atoms with Crippen LogP contribution in [0.3, 0.4) is 0 Å². The number of imidazole rings is 1. The molecular weight excluding hydrogens is 917 g/mol. The number of furan rings is 1. The van der Waals surface area contributed by atoms with Crippen LogP contribution in [0, 0.1) is 19.1 Å². The maximum Gasteiger partial charge on any atom is 0.304 e. The summed E-state index contributed by atoms with van der Waals surface area (Å²) in [5, 5.41) is 3.57. The molecular formula is C52H51IrN4OSi-. The topological polar surface area (TPSA) is 47.7 Å². The van der Waals surface area contributed by atoms with Gasteiger partial charge in [-0.1, -0.05) is 113 Å². The molecule has 1 radical (unpaired) electrons. The summed E-state index contributed by atoms with van der Waals surface area (Å²) in [4.78, 5) is 9.85. The molecule has 0 saturated carbocycles. The Morgan fingerprint density at radius 3 is 2.07 bits per heavy atom. The Bertz CT molecular complexity index is 2860. The van der Waals surface area contributed by atoms with Crippen molar-refractivity contribution in [1.82, 2.24) is 14.5 Å². The molecule has 0 aliphatic heterocycles. The maximum atomic E-state index is 6.52. The Balaban J connectivity index is 0.000000262. The minimum atomic E-state index is -1.23. The number of para-hydroxylation sites is 1. The SMILES string of the molecule is C[Si](C)(C)c1ccc(-c2[c-]cccc2)nc1.Cc1cc2nc(-c3[c-]ccc4c3oc3ccccc34)n(-c3c(C(C)C)cc(-c4ccccc4)cc3C(C)C)c2[n+](C)c1.[Ir]. The summed E-state index contributed by atoms with van der Waals surface area (Å²) in [5.41, 5.74) is 14.0. The van der Waals surface area contributed by atoms with Crippen molar-refractivity contribution in [2.24, 2.45) is 7.05 Å². The third kappa shape index (κ3) is 8.25. The average Bonchev–Trinajstić information content (AvgIpc) is 3.80. The minimum Gasteiger partial charge on any atom is -0.500 e. The van der Waals surface area contributed by atoms with Gasteiger partial charge in [0.25, 0.3) is 0 Å². The average molecular weight is 968 g/mol. The van der Waals surface area contributed by atoms with Crippen molar-refractivity contribution < 1.29 is 29.1 Å². The molecule has 299 valence electrons. The quantitative estimate of drug-likeness (QED) is 0.0908. The zero-order chi connectivity index (χ0) is 40.7. The van der Waals surface area contributed by atoms with Crippen LogP contribution in [0.4, 0.5) is 0 Å². The Hall–Kier alpha value is -5.46. The first-order chi connectivity index (χ1) is 27.9. The number of fused-ring (bicyclic) bond motifs is 4. The number of benzene rings is 5. The van der Waals surface area contributed by atoms with E-state index in [1.54, 1.807) is 0 Å². The van der Waals surface area contributed by atoms with E-state index < -0.39 is 8.07 Å². The van der Waals surface area contributed by atoms with Crippen molar-refractivity contribution in [2.45, 2.75) is 66.1 Å². The normalized spacial score (nSPS) is 11.6. The van der Waals surface area contributed by atoms with Crippen molar-refractivity contribution in [2.75, 3.05) is 0 Å². The Labute approximate surface area is 363 Å². The molecule has 9 rings (SSSR count). The molecule has 0 saturated heterocycles. The van der Waals surface area contributed by atoms with Gasteiger partial charge in [0.2, 0.25) is 0 Å². The largest absolute Gasteiger partial charge is 0.500 e. The second-order valence-electron chi connectivity index (χ2n) is 16.9. The zero-order valence-electron chi connectivity index (χ0n) is 35.4. The molecule has 59 heavy (non-hydrogen) atoms. The van der Waals surface area contributed by atoms with Crippen LogP contribution in [-0.2, 0) is 27.2 Å². The number of hydrogen-bond donors (Lipinski definition) is 0. The minimum absolute atomic E-state index is 0. The van der Waals surface area contributed by atoms with E-state index in [-0.39, 0.29) is 31.9 Å². The number of pyridine rings is 2. The number of hydrogen-bond acceptors (Lipinski definition) is 3. The van der Waals surface area contributed by atoms with Crippen molar-refractivity contribution in [1.29, 1.82) is 0 Å². The molecule has 0 fully saturated rings. The van der Waals surface area contributed by atoms with Crippen LogP contribution in [0.2, 0.25) is 19.6 Å². The van der Waals surface area contributed by atoms with Gasteiger partial charge in [0.1, 0.15) is 16.8 Å². The molecule has 4 heterocycles. The summed E-state index contributed by atoms with van der Waals surface area (Å²) in [7, 11) is 0.886. The fraction of sp³-hybridized carbons (Fsp3) is 0.212. The first-order valence-corrected chi connectivity index (χ1v) is 23.8. The van der Waals surface area contributed by atoms with E-state index in [0.29, 0.717) is 0 Å². The zero-order valence-corrected chi connectivity index (χ0v) is 38.8. The van der Waals surface area contributed by atoms with Gasteiger partial charge in [0.05, 0.1) is 26.9 Å². The van der Waals surface area contributed by atoms with E-state index in [4.69, 9.17) is 9.40 Å². The van der Waals surface area contributed by atoms with Crippen molar-refractivity contribution in [3.63, 3.8) is 0 Å². The fourth-order valence-corrected chi connectivity index (χ4v) is 8.92. The van der Waals surface area contributed by atoms with Gasteiger partial charge in [-0.3, -0.25) is 0 Å². The van der Waals surface area contributed by atoms with Gasteiger partial charge in [-0.05, 0) is 76.2 Å². The van der Waals surface area contributed by atoms with E-state index in [1.807, 2.05) is 48.7 Å². The molecule has 7 heteroatoms. The van der Waals surface area contributed by atoms with Crippen LogP contribution in [-0.4, -0.2) is 22.6 Å². The summed E-state index contributed by atoms with van der Waals surface area (Å²) in [6.07, 6.45) is 4.20. The molecule has 0 bridgehead atoms. The van der Waals surface area contributed by atoms with E-state index in [1.165, 1.54) is 38.7 Å². The first kappa shape index (κ1) is 41.7. The molecule has 0 amide bonds. The van der Waals surface area contributed by atoms with Crippen molar-refractivity contribution >= 4 is 46.4 Å². The summed E-state index contributed by atoms with van der Waals surface area (Å²) in [5.74, 6) is 1.41. The van der Waals surface area contributed by atoms with Crippen molar-refractivity contribution in [3.05, 3.63) is 163 Å². The smallest absolute Gasteiger partial charge is 0.304 e. The molecule has 0 aliphatic carbocycles. The maximum absolute atomic E-state index is 6.52. The predicted molar refractivity (Wildman–Crippen MR) is 244 cm³/mol. The van der Waals surface area contributed by atoms with Crippen LogP contribution >= 0.6 is 0 Å². The van der Waals surface area contributed by atoms with Gasteiger partial charge in [-0.15, -0.1) is 54.1 Å². The van der Waals surface area contributed by atoms with Crippen LogP contribution in [0.5, 0.6) is 0 Å². The second kappa shape index (κ2) is 17.0. The second-order valence-corrected chi connectivity index (χ2v) is 22.0. The number of aryl methyl sites for hydroxylation is 2. The van der Waals surface area contributed by atoms with E-state index >= 15 is 0 Å². The van der Waals surface area contributed by atoms with Gasteiger partial charge < -0.3 is 9.40 Å². The third-order valence-electron chi connectivity index (χ3n) is 10.9. The Morgan fingerprint density at radius 2 is 1.42 bits per heavy atom. The van der Waals surface area contributed by atoms with Gasteiger partial charge in [-0.2, -0.15) is 0 Å². The molecule has 0 aliphatic rings. The number of nitrogens with zero attached hydrogens (tertiary/aromatic N) is 4. The standard InChI is InChI=1S/C38H35N3O.C14H16NSi.Ir/c1-23(2)31-20-27(26-13-8-7-9-14-26)21-32(24(3)4)35(31)41-37(39-33-19-25(5)22-40(6)38(33)41)30-17-12-16-29-28-15-10-11-18-34(28)42-36(29)30;1-16(2,3)13-9-10-14(15-11-13)12-7-5-4-6-8-12;/h7-16,18-24H,1-6H3;4-7,9-11H,1-3H3;/q;-1;. The Morgan fingerprint density at radius 1 is 0.729 bits per heavy atom. The van der Waals surface area contributed by atoms with Gasteiger partial charge in [-0.25, -0.2) is 14.1 Å². The molecule has 0 spiro atoms. The Kier molecular flexibility index (Phi) is 12.0. The molecule has 5 nitrogen and oxygen atoms in total. The van der Waals surface area contributed by atoms with Gasteiger partial charge >= 0.3 is 5.65 Å². The first-order valence-electron chi connectivity index (χ1n) is 20.3. The van der Waals surface area contributed by atoms with Gasteiger partial charge in [0.15, 0.2) is 5.82 Å². The van der Waals surface area contributed by atoms with Crippen LogP contribution < -0.4 is 9.75 Å². The van der Waals surface area contributed by atoms with Gasteiger partial charge in [0, 0.05) is 42.8 Å². The molecule has 5 aromatic carbocycles. The van der Waals surface area contributed by atoms with E-state index in [0.717, 1.165) is 55.7 Å². The number of rotatable bonds is 7. The van der Waals surface area contributed by atoms with Crippen LogP contribution in [0.25, 0.3) is 72.6 Å². The summed E-state index contributed by atoms with van der Waals surface area (Å²) < 4.78 is 11.1. The molecule has 9 aromatic rings. The fourth-order valence-electron chi connectivity index (χ4n) is 7.89. The molecule has 0 N–H and O–H groups in total. The summed E-state index contributed by atoms with van der Waals surface area (Å²) >= 11 is 0. The van der Waals surface area contributed by atoms with E-state index in [2.05, 4.69) is 173 Å². The number of aromatic nitrogens is 4. The molecule has 0 unspecified atom stereocenters. The summed E-state index contributed by atoms with van der Waals surface area (Å²) in [6.45, 7) is 18.3.